The maximum Gasteiger partial charge on any atom is 0.232 e. The van der Waals surface area contributed by atoms with E-state index < -0.39 is 0 Å². The van der Waals surface area contributed by atoms with E-state index in [1.807, 2.05) is 31.2 Å². The first kappa shape index (κ1) is 11.7. The van der Waals surface area contributed by atoms with Gasteiger partial charge >= 0.3 is 0 Å². The zero-order valence-electron chi connectivity index (χ0n) is 10.9. The summed E-state index contributed by atoms with van der Waals surface area (Å²) in [6.45, 7) is 2.00. The van der Waals surface area contributed by atoms with Gasteiger partial charge in [0.25, 0.3) is 0 Å². The second-order valence-corrected chi connectivity index (χ2v) is 4.66. The first-order valence-electron chi connectivity index (χ1n) is 6.14. The van der Waals surface area contributed by atoms with Crippen LogP contribution in [0.3, 0.4) is 0 Å². The van der Waals surface area contributed by atoms with Crippen molar-refractivity contribution in [1.82, 2.24) is 0 Å². The number of rotatable bonds is 1. The second-order valence-electron chi connectivity index (χ2n) is 4.66. The number of hydrogen-bond acceptors (Lipinski definition) is 3. The van der Waals surface area contributed by atoms with E-state index in [1.54, 1.807) is 24.3 Å². The molecule has 96 valence electrons. The standard InChI is InChI=1S/C15H14N2O2/c1-10-5-6-11-13(8-10)17(2)15(18)9-12(16-11)14-4-3-7-19-14/h3-8H,9H2,1-2H3. The Morgan fingerprint density at radius 1 is 1.32 bits per heavy atom. The molecule has 1 aromatic carbocycles. The lowest BCUT2D eigenvalue weighted by Crippen LogP contribution is -2.27. The van der Waals surface area contributed by atoms with Crippen LogP contribution in [-0.4, -0.2) is 18.7 Å². The van der Waals surface area contributed by atoms with Gasteiger partial charge in [-0.3, -0.25) is 4.79 Å². The second kappa shape index (κ2) is 4.39. The number of aryl methyl sites for hydroxylation is 1. The predicted octanol–water partition coefficient (Wildman–Crippen LogP) is 3.08. The summed E-state index contributed by atoms with van der Waals surface area (Å²) >= 11 is 0. The minimum Gasteiger partial charge on any atom is -0.463 e. The topological polar surface area (TPSA) is 45.8 Å². The molecule has 0 saturated heterocycles. The molecule has 0 atom stereocenters. The number of carbonyl (C=O) groups is 1. The largest absolute Gasteiger partial charge is 0.463 e. The van der Waals surface area contributed by atoms with Crippen molar-refractivity contribution in [3.05, 3.63) is 47.9 Å². The maximum absolute atomic E-state index is 12.2. The summed E-state index contributed by atoms with van der Waals surface area (Å²) in [6.07, 6.45) is 1.84. The summed E-state index contributed by atoms with van der Waals surface area (Å²) < 4.78 is 5.35. The van der Waals surface area contributed by atoms with Gasteiger partial charge in [0.2, 0.25) is 5.91 Å². The molecule has 3 rings (SSSR count). The van der Waals surface area contributed by atoms with Crippen LogP contribution >= 0.6 is 0 Å². The predicted molar refractivity (Wildman–Crippen MR) is 74.1 cm³/mol. The van der Waals surface area contributed by atoms with Crippen LogP contribution < -0.4 is 4.90 Å². The number of furan rings is 1. The average molecular weight is 254 g/mol. The molecular weight excluding hydrogens is 240 g/mol. The molecule has 2 aromatic rings. The number of benzene rings is 1. The Morgan fingerprint density at radius 2 is 2.16 bits per heavy atom. The van der Waals surface area contributed by atoms with Crippen molar-refractivity contribution in [3.63, 3.8) is 0 Å². The van der Waals surface area contributed by atoms with Gasteiger partial charge in [-0.2, -0.15) is 0 Å². The molecule has 2 heterocycles. The third-order valence-electron chi connectivity index (χ3n) is 3.25. The molecule has 1 aliphatic heterocycles. The molecule has 19 heavy (non-hydrogen) atoms. The smallest absolute Gasteiger partial charge is 0.232 e. The number of hydrogen-bond donors (Lipinski definition) is 0. The molecule has 0 fully saturated rings. The van der Waals surface area contributed by atoms with Crippen LogP contribution in [0.25, 0.3) is 0 Å². The van der Waals surface area contributed by atoms with Gasteiger partial charge in [-0.1, -0.05) is 6.07 Å². The van der Waals surface area contributed by atoms with Crippen LogP contribution in [0.4, 0.5) is 11.4 Å². The van der Waals surface area contributed by atoms with E-state index >= 15 is 0 Å². The molecule has 0 unspecified atom stereocenters. The third kappa shape index (κ3) is 2.05. The van der Waals surface area contributed by atoms with Crippen LogP contribution in [-0.2, 0) is 4.79 Å². The van der Waals surface area contributed by atoms with Crippen molar-refractivity contribution in [3.8, 4) is 0 Å². The Morgan fingerprint density at radius 3 is 2.89 bits per heavy atom. The molecular formula is C15H14N2O2. The Hall–Kier alpha value is -2.36. The molecule has 4 heteroatoms. The minimum atomic E-state index is 0.0134. The van der Waals surface area contributed by atoms with E-state index in [4.69, 9.17) is 4.42 Å². The number of aliphatic imine (C=N–C) groups is 1. The van der Waals surface area contributed by atoms with Crippen LogP contribution in [0.1, 0.15) is 17.7 Å². The number of anilines is 1. The van der Waals surface area contributed by atoms with Crippen molar-refractivity contribution in [2.24, 2.45) is 4.99 Å². The fraction of sp³-hybridized carbons (Fsp3) is 0.200. The van der Waals surface area contributed by atoms with Gasteiger partial charge in [-0.05, 0) is 36.8 Å². The number of carbonyl (C=O) groups excluding carboxylic acids is 1. The molecule has 1 aromatic heterocycles. The molecule has 0 bridgehead atoms. The lowest BCUT2D eigenvalue weighted by atomic mass is 10.2. The van der Waals surface area contributed by atoms with Crippen molar-refractivity contribution in [2.75, 3.05) is 11.9 Å². The van der Waals surface area contributed by atoms with E-state index in [2.05, 4.69) is 4.99 Å². The molecule has 1 amide bonds. The van der Waals surface area contributed by atoms with Gasteiger partial charge in [0.15, 0.2) is 0 Å². The number of amides is 1. The van der Waals surface area contributed by atoms with Crippen molar-refractivity contribution in [2.45, 2.75) is 13.3 Å². The van der Waals surface area contributed by atoms with Crippen LogP contribution in [0, 0.1) is 6.92 Å². The highest BCUT2D eigenvalue weighted by Crippen LogP contribution is 2.33. The van der Waals surface area contributed by atoms with Gasteiger partial charge in [0, 0.05) is 7.05 Å². The van der Waals surface area contributed by atoms with E-state index in [9.17, 15) is 4.79 Å². The zero-order chi connectivity index (χ0) is 13.4. The fourth-order valence-electron chi connectivity index (χ4n) is 2.16. The van der Waals surface area contributed by atoms with Gasteiger partial charge in [-0.25, -0.2) is 4.99 Å². The molecule has 4 nitrogen and oxygen atoms in total. The fourth-order valence-corrected chi connectivity index (χ4v) is 2.16. The van der Waals surface area contributed by atoms with Crippen molar-refractivity contribution >= 4 is 23.0 Å². The highest BCUT2D eigenvalue weighted by Gasteiger charge is 2.23. The first-order valence-corrected chi connectivity index (χ1v) is 6.14. The highest BCUT2D eigenvalue weighted by atomic mass is 16.3. The summed E-state index contributed by atoms with van der Waals surface area (Å²) in [5.74, 6) is 0.662. The van der Waals surface area contributed by atoms with E-state index in [1.165, 1.54) is 0 Å². The zero-order valence-corrected chi connectivity index (χ0v) is 10.9. The molecule has 1 aliphatic rings. The normalized spacial score (nSPS) is 14.9. The summed E-state index contributed by atoms with van der Waals surface area (Å²) in [4.78, 5) is 18.4. The number of nitrogens with zero attached hydrogens (tertiary/aromatic N) is 2. The van der Waals surface area contributed by atoms with E-state index in [-0.39, 0.29) is 12.3 Å². The maximum atomic E-state index is 12.2. The van der Waals surface area contributed by atoms with E-state index in [0.717, 1.165) is 16.9 Å². The molecule has 0 radical (unpaired) electrons. The molecule has 0 spiro atoms. The first-order chi connectivity index (χ1) is 9.15. The highest BCUT2D eigenvalue weighted by molar-refractivity contribution is 6.16. The third-order valence-corrected chi connectivity index (χ3v) is 3.25. The van der Waals surface area contributed by atoms with Crippen LogP contribution in [0.5, 0.6) is 0 Å². The van der Waals surface area contributed by atoms with Crippen LogP contribution in [0.2, 0.25) is 0 Å². The summed E-state index contributed by atoms with van der Waals surface area (Å²) in [6, 6.07) is 9.52. The number of fused-ring (bicyclic) bond motifs is 1. The summed E-state index contributed by atoms with van der Waals surface area (Å²) in [5, 5.41) is 0. The lowest BCUT2D eigenvalue weighted by molar-refractivity contribution is -0.117. The summed E-state index contributed by atoms with van der Waals surface area (Å²) in [7, 11) is 1.78. The SMILES string of the molecule is Cc1ccc2c(c1)N(C)C(=O)CC(c1ccco1)=N2. The van der Waals surface area contributed by atoms with Gasteiger partial charge in [-0.15, -0.1) is 0 Å². The van der Waals surface area contributed by atoms with E-state index in [0.29, 0.717) is 11.5 Å². The molecule has 0 saturated carbocycles. The van der Waals surface area contributed by atoms with Gasteiger partial charge < -0.3 is 9.32 Å². The molecule has 0 aliphatic carbocycles. The Balaban J connectivity index is 2.16. The lowest BCUT2D eigenvalue weighted by Gasteiger charge is -2.16. The summed E-state index contributed by atoms with van der Waals surface area (Å²) in [5.41, 5.74) is 3.41. The van der Waals surface area contributed by atoms with Crippen molar-refractivity contribution in [1.29, 1.82) is 0 Å². The quantitative estimate of drug-likeness (QED) is 0.785. The van der Waals surface area contributed by atoms with Gasteiger partial charge in [0.05, 0.1) is 29.8 Å². The molecule has 0 N–H and O–H groups in total. The minimum absolute atomic E-state index is 0.0134. The average Bonchev–Trinajstić information content (AvgIpc) is 2.89. The van der Waals surface area contributed by atoms with Crippen molar-refractivity contribution < 1.29 is 9.21 Å². The Kier molecular flexibility index (Phi) is 2.71. The van der Waals surface area contributed by atoms with Crippen LogP contribution in [0.15, 0.2) is 46.0 Å². The Bertz CT molecular complexity index is 657. The Labute approximate surface area is 111 Å². The monoisotopic (exact) mass is 254 g/mol. The van der Waals surface area contributed by atoms with Gasteiger partial charge in [0.1, 0.15) is 5.76 Å².